The molecule has 0 bridgehead atoms. The Hall–Kier alpha value is -1.89. The number of allylic oxidation sites excluding steroid dienone is 2. The Balaban J connectivity index is 0.00000146. The van der Waals surface area contributed by atoms with Crippen LogP contribution in [0.15, 0.2) is 48.7 Å². The monoisotopic (exact) mass is 489 g/mol. The molecule has 0 amide bonds. The summed E-state index contributed by atoms with van der Waals surface area (Å²) >= 11 is 0. The molecule has 0 fully saturated rings. The van der Waals surface area contributed by atoms with Crippen molar-refractivity contribution in [1.29, 1.82) is 0 Å². The van der Waals surface area contributed by atoms with Crippen molar-refractivity contribution in [2.24, 2.45) is 0 Å². The first kappa shape index (κ1) is 15.6. The van der Waals surface area contributed by atoms with Gasteiger partial charge in [-0.25, -0.2) is 0 Å². The Morgan fingerprint density at radius 1 is 0.958 bits per heavy atom. The van der Waals surface area contributed by atoms with Gasteiger partial charge in [-0.05, 0) is 47.9 Å². The van der Waals surface area contributed by atoms with Crippen LogP contribution >= 0.6 is 0 Å². The summed E-state index contributed by atoms with van der Waals surface area (Å²) < 4.78 is 1.94. The smallest absolute Gasteiger partial charge is 0.0750 e. The third-order valence-corrected chi connectivity index (χ3v) is 5.24. The van der Waals surface area contributed by atoms with Crippen molar-refractivity contribution in [2.45, 2.75) is 25.7 Å². The molecule has 2 aromatic carbocycles. The fourth-order valence-electron chi connectivity index (χ4n) is 4.18. The fourth-order valence-corrected chi connectivity index (χ4v) is 4.18. The molecule has 1 nitrogen and oxygen atoms in total. The minimum absolute atomic E-state index is 0. The molecular formula is C22H18IrN-. The van der Waals surface area contributed by atoms with E-state index < -0.39 is 0 Å². The second-order valence-corrected chi connectivity index (χ2v) is 6.57. The van der Waals surface area contributed by atoms with Crippen molar-refractivity contribution in [1.82, 2.24) is 0 Å². The molecule has 2 heteroatoms. The summed E-state index contributed by atoms with van der Waals surface area (Å²) in [5.74, 6) is 0. The molecule has 24 heavy (non-hydrogen) atoms. The second kappa shape index (κ2) is 5.88. The SMILES string of the molecule is C=[N+]1C=CC=C[C-]1c1[c-]c2c3c(c1)CCc1cccc(c1-3)CC2.[Ir]. The Morgan fingerprint density at radius 2 is 1.71 bits per heavy atom. The maximum absolute atomic E-state index is 4.11. The first-order valence-corrected chi connectivity index (χ1v) is 8.32. The van der Waals surface area contributed by atoms with E-state index in [1.54, 1.807) is 0 Å². The summed E-state index contributed by atoms with van der Waals surface area (Å²) in [5, 5.41) is 0. The van der Waals surface area contributed by atoms with E-state index in [9.17, 15) is 0 Å². The maximum atomic E-state index is 4.11. The summed E-state index contributed by atoms with van der Waals surface area (Å²) in [7, 11) is 0. The second-order valence-electron chi connectivity index (χ2n) is 6.57. The van der Waals surface area contributed by atoms with Gasteiger partial charge < -0.3 is 4.58 Å². The van der Waals surface area contributed by atoms with E-state index in [0.717, 1.165) is 31.7 Å². The largest absolute Gasteiger partial charge is 0.336 e. The molecular weight excluding hydrogens is 470 g/mol. The minimum atomic E-state index is 0. The summed E-state index contributed by atoms with van der Waals surface area (Å²) in [5.41, 5.74) is 10.1. The molecule has 0 atom stereocenters. The number of nitrogens with zero attached hydrogens (tertiary/aromatic N) is 1. The zero-order chi connectivity index (χ0) is 15.4. The van der Waals surface area contributed by atoms with Crippen molar-refractivity contribution in [3.8, 4) is 11.1 Å². The number of aryl methyl sites for hydroxylation is 4. The van der Waals surface area contributed by atoms with Crippen LogP contribution in [0.5, 0.6) is 0 Å². The molecule has 0 saturated heterocycles. The van der Waals surface area contributed by atoms with Crippen LogP contribution in [0.2, 0.25) is 0 Å². The van der Waals surface area contributed by atoms with Crippen LogP contribution in [0.4, 0.5) is 0 Å². The van der Waals surface area contributed by atoms with E-state index in [2.05, 4.69) is 49.2 Å². The average Bonchev–Trinajstić information content (AvgIpc) is 2.60. The zero-order valence-electron chi connectivity index (χ0n) is 13.4. The van der Waals surface area contributed by atoms with Gasteiger partial charge in [0.05, 0.1) is 12.2 Å². The molecule has 0 saturated carbocycles. The predicted molar refractivity (Wildman–Crippen MR) is 93.5 cm³/mol. The van der Waals surface area contributed by atoms with Crippen molar-refractivity contribution < 1.29 is 24.7 Å². The topological polar surface area (TPSA) is 3.01 Å². The molecule has 0 unspecified atom stereocenters. The zero-order valence-corrected chi connectivity index (χ0v) is 15.8. The summed E-state index contributed by atoms with van der Waals surface area (Å²) in [4.78, 5) is 0. The van der Waals surface area contributed by atoms with E-state index in [4.69, 9.17) is 0 Å². The Bertz CT molecular complexity index is 857. The van der Waals surface area contributed by atoms with Crippen molar-refractivity contribution in [2.75, 3.05) is 0 Å². The van der Waals surface area contributed by atoms with Gasteiger partial charge in [-0.1, -0.05) is 29.3 Å². The van der Waals surface area contributed by atoms with Crippen molar-refractivity contribution in [3.05, 3.63) is 88.6 Å². The number of hydrogen-bond donors (Lipinski definition) is 0. The predicted octanol–water partition coefficient (Wildman–Crippen LogP) is 4.03. The summed E-state index contributed by atoms with van der Waals surface area (Å²) in [6.07, 6.45) is 12.7. The molecule has 5 rings (SSSR count). The molecule has 1 heterocycles. The van der Waals surface area contributed by atoms with Gasteiger partial charge in [0, 0.05) is 26.8 Å². The maximum Gasteiger partial charge on any atom is 0.0750 e. The van der Waals surface area contributed by atoms with Crippen LogP contribution < -0.4 is 0 Å². The van der Waals surface area contributed by atoms with Gasteiger partial charge in [-0.3, -0.25) is 0 Å². The molecule has 0 aromatic heterocycles. The van der Waals surface area contributed by atoms with Gasteiger partial charge in [0.1, 0.15) is 0 Å². The quantitative estimate of drug-likeness (QED) is 0.421. The van der Waals surface area contributed by atoms with E-state index in [-0.39, 0.29) is 20.1 Å². The fraction of sp³-hybridized carbons (Fsp3) is 0.182. The van der Waals surface area contributed by atoms with Crippen LogP contribution in [-0.2, 0) is 45.8 Å². The Kier molecular flexibility index (Phi) is 3.83. The van der Waals surface area contributed by atoms with Gasteiger partial charge in [-0.2, -0.15) is 18.2 Å². The van der Waals surface area contributed by atoms with Crippen molar-refractivity contribution in [3.63, 3.8) is 0 Å². The Labute approximate surface area is 156 Å². The van der Waals surface area contributed by atoms with Crippen LogP contribution in [-0.4, -0.2) is 11.3 Å². The van der Waals surface area contributed by atoms with Crippen molar-refractivity contribution >= 4 is 6.72 Å². The molecule has 2 aliphatic carbocycles. The molecule has 0 N–H and O–H groups in total. The molecule has 0 spiro atoms. The van der Waals surface area contributed by atoms with Gasteiger partial charge in [0.25, 0.3) is 0 Å². The minimum Gasteiger partial charge on any atom is -0.336 e. The Morgan fingerprint density at radius 3 is 2.50 bits per heavy atom. The van der Waals surface area contributed by atoms with Crippen LogP contribution in [0.3, 0.4) is 0 Å². The van der Waals surface area contributed by atoms with E-state index in [0.29, 0.717) is 0 Å². The molecule has 1 aliphatic heterocycles. The van der Waals surface area contributed by atoms with Crippen LogP contribution in [0.1, 0.15) is 27.8 Å². The van der Waals surface area contributed by atoms with Gasteiger partial charge in [0.2, 0.25) is 0 Å². The number of benzene rings is 2. The molecule has 1 radical (unpaired) electrons. The van der Waals surface area contributed by atoms with E-state index in [1.807, 2.05) is 16.9 Å². The molecule has 121 valence electrons. The van der Waals surface area contributed by atoms with E-state index in [1.165, 1.54) is 38.9 Å². The van der Waals surface area contributed by atoms with Crippen LogP contribution in [0, 0.1) is 12.1 Å². The standard InChI is InChI=1S/C22H18N.Ir/c1-23-12-3-2-7-20(23)19-13-17-10-8-15-5-4-6-16-9-11-18(14-19)22(17)21(15)16;/h2-7,12-13H,1,8-11H2;/q-1;. The third kappa shape index (κ3) is 2.25. The number of rotatable bonds is 1. The molecule has 3 aliphatic rings. The first-order valence-electron chi connectivity index (χ1n) is 8.32. The third-order valence-electron chi connectivity index (χ3n) is 5.24. The normalized spacial score (nSPS) is 16.7. The molecule has 2 aromatic rings. The van der Waals surface area contributed by atoms with Gasteiger partial charge in [0.15, 0.2) is 0 Å². The van der Waals surface area contributed by atoms with E-state index >= 15 is 0 Å². The average molecular weight is 489 g/mol. The van der Waals surface area contributed by atoms with Crippen LogP contribution in [0.25, 0.3) is 11.1 Å². The van der Waals surface area contributed by atoms with Gasteiger partial charge >= 0.3 is 0 Å². The summed E-state index contributed by atoms with van der Waals surface area (Å²) in [6, 6.07) is 14.0. The van der Waals surface area contributed by atoms with Gasteiger partial charge in [-0.15, -0.1) is 17.7 Å². The summed E-state index contributed by atoms with van der Waals surface area (Å²) in [6.45, 7) is 4.11. The number of hydrogen-bond acceptors (Lipinski definition) is 0. The first-order chi connectivity index (χ1) is 11.3.